The van der Waals surface area contributed by atoms with Crippen LogP contribution in [0.15, 0.2) is 0 Å². The van der Waals surface area contributed by atoms with Crippen molar-refractivity contribution in [3.05, 3.63) is 0 Å². The molecule has 0 bridgehead atoms. The summed E-state index contributed by atoms with van der Waals surface area (Å²) in [5.74, 6) is 0.133. The molecule has 0 aromatic heterocycles. The molecule has 1 heterocycles. The maximum Gasteiger partial charge on any atom is 0.323 e. The normalized spacial score (nSPS) is 42.3. The van der Waals surface area contributed by atoms with Gasteiger partial charge in [-0.2, -0.15) is 0 Å². The number of hydrogen-bond donors (Lipinski definition) is 1. The summed E-state index contributed by atoms with van der Waals surface area (Å²) < 4.78 is 0. The van der Waals surface area contributed by atoms with Gasteiger partial charge < -0.3 is 5.11 Å². The molecule has 2 fully saturated rings. The minimum absolute atomic E-state index is 0.517. The highest BCUT2D eigenvalue weighted by Crippen LogP contribution is 2.38. The van der Waals surface area contributed by atoms with Crippen LogP contribution in [-0.4, -0.2) is 34.1 Å². The molecule has 0 aromatic rings. The zero-order valence-corrected chi connectivity index (χ0v) is 9.70. The topological polar surface area (TPSA) is 40.5 Å². The van der Waals surface area contributed by atoms with E-state index in [-0.39, 0.29) is 0 Å². The van der Waals surface area contributed by atoms with Gasteiger partial charge in [0, 0.05) is 6.04 Å². The molecule has 0 spiro atoms. The summed E-state index contributed by atoms with van der Waals surface area (Å²) in [7, 11) is 0. The summed E-state index contributed by atoms with van der Waals surface area (Å²) in [6.07, 6.45) is 5.48. The summed E-state index contributed by atoms with van der Waals surface area (Å²) in [6, 6.07) is 0.517. The molecule has 2 aliphatic rings. The van der Waals surface area contributed by atoms with Gasteiger partial charge in [-0.05, 0) is 51.5 Å². The van der Waals surface area contributed by atoms with E-state index >= 15 is 0 Å². The Morgan fingerprint density at radius 2 is 2.20 bits per heavy atom. The molecule has 15 heavy (non-hydrogen) atoms. The third-order valence-electron chi connectivity index (χ3n) is 4.27. The molecule has 1 saturated carbocycles. The van der Waals surface area contributed by atoms with Crippen molar-refractivity contribution < 1.29 is 9.90 Å². The second kappa shape index (κ2) is 3.78. The Kier molecular flexibility index (Phi) is 2.75. The lowest BCUT2D eigenvalue weighted by Crippen LogP contribution is -2.51. The predicted molar refractivity (Wildman–Crippen MR) is 58.8 cm³/mol. The summed E-state index contributed by atoms with van der Waals surface area (Å²) >= 11 is 0. The van der Waals surface area contributed by atoms with Crippen molar-refractivity contribution >= 4 is 5.97 Å². The number of carboxylic acid groups (broad SMARTS) is 1. The van der Waals surface area contributed by atoms with Gasteiger partial charge in [-0.1, -0.05) is 6.92 Å². The minimum Gasteiger partial charge on any atom is -0.480 e. The summed E-state index contributed by atoms with van der Waals surface area (Å²) in [6.45, 7) is 5.14. The zero-order valence-electron chi connectivity index (χ0n) is 9.70. The van der Waals surface area contributed by atoms with Crippen LogP contribution in [0.5, 0.6) is 0 Å². The summed E-state index contributed by atoms with van der Waals surface area (Å²) in [5, 5.41) is 9.33. The standard InChI is InChI=1S/C12H21NO2/c1-9-4-5-10(8-9)13-7-3-6-12(13,2)11(14)15/h9-10H,3-8H2,1-2H3,(H,14,15). The number of aliphatic carboxylic acids is 1. The average Bonchev–Trinajstić information content (AvgIpc) is 2.72. The Morgan fingerprint density at radius 1 is 1.47 bits per heavy atom. The number of nitrogens with zero attached hydrogens (tertiary/aromatic N) is 1. The van der Waals surface area contributed by atoms with E-state index in [2.05, 4.69) is 11.8 Å². The molecule has 2 rings (SSSR count). The van der Waals surface area contributed by atoms with Gasteiger partial charge >= 0.3 is 5.97 Å². The van der Waals surface area contributed by atoms with Crippen LogP contribution in [0.4, 0.5) is 0 Å². The third-order valence-corrected chi connectivity index (χ3v) is 4.27. The van der Waals surface area contributed by atoms with Crippen LogP contribution in [-0.2, 0) is 4.79 Å². The number of carboxylic acids is 1. The molecule has 1 aliphatic heterocycles. The first-order valence-corrected chi connectivity index (χ1v) is 6.04. The Morgan fingerprint density at radius 3 is 2.73 bits per heavy atom. The fourth-order valence-electron chi connectivity index (χ4n) is 3.26. The van der Waals surface area contributed by atoms with Crippen LogP contribution in [0.1, 0.15) is 46.0 Å². The van der Waals surface area contributed by atoms with Gasteiger partial charge in [-0.15, -0.1) is 0 Å². The molecule has 3 atom stereocenters. The summed E-state index contributed by atoms with van der Waals surface area (Å²) in [4.78, 5) is 13.6. The lowest BCUT2D eigenvalue weighted by atomic mass is 9.97. The van der Waals surface area contributed by atoms with E-state index in [9.17, 15) is 9.90 Å². The Bertz CT molecular complexity index is 266. The molecule has 3 nitrogen and oxygen atoms in total. The Balaban J connectivity index is 2.11. The number of carbonyl (C=O) groups is 1. The first kappa shape index (κ1) is 10.9. The van der Waals surface area contributed by atoms with Crippen molar-refractivity contribution in [2.45, 2.75) is 57.5 Å². The molecule has 1 saturated heterocycles. The van der Waals surface area contributed by atoms with Crippen LogP contribution >= 0.6 is 0 Å². The molecular weight excluding hydrogens is 190 g/mol. The van der Waals surface area contributed by atoms with Gasteiger partial charge in [0.25, 0.3) is 0 Å². The average molecular weight is 211 g/mol. The minimum atomic E-state index is -0.639. The monoisotopic (exact) mass is 211 g/mol. The smallest absolute Gasteiger partial charge is 0.323 e. The van der Waals surface area contributed by atoms with E-state index in [1.165, 1.54) is 19.3 Å². The fourth-order valence-corrected chi connectivity index (χ4v) is 3.26. The van der Waals surface area contributed by atoms with E-state index in [0.29, 0.717) is 6.04 Å². The molecule has 3 unspecified atom stereocenters. The SMILES string of the molecule is CC1CCC(N2CCCC2(C)C(=O)O)C1. The zero-order chi connectivity index (χ0) is 11.1. The van der Waals surface area contributed by atoms with E-state index in [1.807, 2.05) is 6.92 Å². The highest BCUT2D eigenvalue weighted by molar-refractivity contribution is 5.78. The Labute approximate surface area is 91.5 Å². The van der Waals surface area contributed by atoms with Crippen molar-refractivity contribution in [1.82, 2.24) is 4.90 Å². The van der Waals surface area contributed by atoms with Crippen LogP contribution in [0, 0.1) is 5.92 Å². The predicted octanol–water partition coefficient (Wildman–Crippen LogP) is 2.11. The molecule has 1 aliphatic carbocycles. The van der Waals surface area contributed by atoms with Gasteiger partial charge in [0.2, 0.25) is 0 Å². The van der Waals surface area contributed by atoms with Gasteiger partial charge in [-0.3, -0.25) is 9.69 Å². The molecule has 0 aromatic carbocycles. The highest BCUT2D eigenvalue weighted by Gasteiger charge is 2.47. The Hall–Kier alpha value is -0.570. The fraction of sp³-hybridized carbons (Fsp3) is 0.917. The van der Waals surface area contributed by atoms with Crippen LogP contribution < -0.4 is 0 Å². The van der Waals surface area contributed by atoms with Crippen molar-refractivity contribution in [3.8, 4) is 0 Å². The number of likely N-dealkylation sites (tertiary alicyclic amines) is 1. The second-order valence-corrected chi connectivity index (χ2v) is 5.45. The molecule has 86 valence electrons. The number of hydrogen-bond acceptors (Lipinski definition) is 2. The second-order valence-electron chi connectivity index (χ2n) is 5.45. The maximum atomic E-state index is 11.3. The van der Waals surface area contributed by atoms with Gasteiger partial charge in [-0.25, -0.2) is 0 Å². The molecule has 0 amide bonds. The van der Waals surface area contributed by atoms with E-state index in [0.717, 1.165) is 25.3 Å². The van der Waals surface area contributed by atoms with Gasteiger partial charge in [0.15, 0.2) is 0 Å². The first-order valence-electron chi connectivity index (χ1n) is 6.04. The molecular formula is C12H21NO2. The van der Waals surface area contributed by atoms with E-state index in [4.69, 9.17) is 0 Å². The van der Waals surface area contributed by atoms with E-state index < -0.39 is 11.5 Å². The maximum absolute atomic E-state index is 11.3. The van der Waals surface area contributed by atoms with Crippen molar-refractivity contribution in [3.63, 3.8) is 0 Å². The van der Waals surface area contributed by atoms with Crippen molar-refractivity contribution in [1.29, 1.82) is 0 Å². The van der Waals surface area contributed by atoms with Crippen molar-refractivity contribution in [2.24, 2.45) is 5.92 Å². The third kappa shape index (κ3) is 1.78. The van der Waals surface area contributed by atoms with Crippen LogP contribution in [0.25, 0.3) is 0 Å². The number of rotatable bonds is 2. The van der Waals surface area contributed by atoms with Gasteiger partial charge in [0.1, 0.15) is 5.54 Å². The summed E-state index contributed by atoms with van der Waals surface area (Å²) in [5.41, 5.74) is -0.589. The molecule has 1 N–H and O–H groups in total. The van der Waals surface area contributed by atoms with Crippen LogP contribution in [0.3, 0.4) is 0 Å². The lowest BCUT2D eigenvalue weighted by molar-refractivity contribution is -0.150. The molecule has 3 heteroatoms. The van der Waals surface area contributed by atoms with Crippen molar-refractivity contribution in [2.75, 3.05) is 6.54 Å². The highest BCUT2D eigenvalue weighted by atomic mass is 16.4. The van der Waals surface area contributed by atoms with E-state index in [1.54, 1.807) is 0 Å². The largest absolute Gasteiger partial charge is 0.480 e. The molecule has 0 radical (unpaired) electrons. The quantitative estimate of drug-likeness (QED) is 0.760. The first-order chi connectivity index (χ1) is 7.04. The lowest BCUT2D eigenvalue weighted by Gasteiger charge is -2.36. The van der Waals surface area contributed by atoms with Crippen LogP contribution in [0.2, 0.25) is 0 Å². The van der Waals surface area contributed by atoms with Gasteiger partial charge in [0.05, 0.1) is 0 Å².